The summed E-state index contributed by atoms with van der Waals surface area (Å²) in [7, 11) is 5.89. The molecule has 0 atom stereocenters. The number of nitrogens with two attached hydrogens (primary N) is 1. The van der Waals surface area contributed by atoms with E-state index in [4.69, 9.17) is 5.73 Å². The molecule has 5 heteroatoms. The molecule has 2 aromatic rings. The lowest BCUT2D eigenvalue weighted by Gasteiger charge is -2.10. The minimum Gasteiger partial charge on any atom is -0.384 e. The summed E-state index contributed by atoms with van der Waals surface area (Å²) in [6.07, 6.45) is 2.09. The molecule has 0 radical (unpaired) electrons. The molecule has 0 heterocycles. The Hall–Kier alpha value is -1.55. The fraction of sp³-hybridized carbons (Fsp3) is 0.316. The number of aryl methyl sites for hydroxylation is 2. The summed E-state index contributed by atoms with van der Waals surface area (Å²) in [5.74, 6) is 0.586. The molecular weight excluding hydrogens is 341 g/mol. The summed E-state index contributed by atoms with van der Waals surface area (Å²) >= 11 is 0. The van der Waals surface area contributed by atoms with Crippen molar-refractivity contribution < 1.29 is 0 Å². The van der Waals surface area contributed by atoms with E-state index in [0.717, 1.165) is 24.9 Å². The molecule has 132 valence electrons. The zero-order valence-corrected chi connectivity index (χ0v) is 16.2. The maximum Gasteiger partial charge on any atom is 0.125 e. The molecule has 0 fully saturated rings. The monoisotopic (exact) mass is 367 g/mol. The number of benzene rings is 2. The van der Waals surface area contributed by atoms with Crippen LogP contribution >= 0.6 is 24.8 Å². The Balaban J connectivity index is 0.00000264. The summed E-state index contributed by atoms with van der Waals surface area (Å²) in [6.45, 7) is 0.988. The van der Waals surface area contributed by atoms with Gasteiger partial charge in [0.15, 0.2) is 0 Å². The molecule has 2 rings (SSSR count). The average molecular weight is 368 g/mol. The van der Waals surface area contributed by atoms with Gasteiger partial charge in [-0.3, -0.25) is 4.99 Å². The topological polar surface area (TPSA) is 41.6 Å². The lowest BCUT2D eigenvalue weighted by molar-refractivity contribution is 0.402. The third-order valence-electron chi connectivity index (χ3n) is 3.71. The maximum absolute atomic E-state index is 5.80. The Morgan fingerprint density at radius 1 is 0.833 bits per heavy atom. The van der Waals surface area contributed by atoms with E-state index >= 15 is 0 Å². The number of halogens is 2. The number of hydrogen-bond donors (Lipinski definition) is 1. The van der Waals surface area contributed by atoms with Gasteiger partial charge in [0.2, 0.25) is 0 Å². The molecule has 0 spiro atoms. The molecule has 0 amide bonds. The SMILES string of the molecule is CN=C(N)c1ccc(CCc2ccc(CN(C)C)cc2)cc1.Cl.Cl. The molecule has 2 N–H and O–H groups in total. The number of rotatable bonds is 6. The Labute approximate surface area is 157 Å². The highest BCUT2D eigenvalue weighted by Gasteiger charge is 2.00. The quantitative estimate of drug-likeness (QED) is 0.624. The first kappa shape index (κ1) is 22.4. The van der Waals surface area contributed by atoms with Crippen molar-refractivity contribution in [3.8, 4) is 0 Å². The van der Waals surface area contributed by atoms with Crippen LogP contribution in [0.4, 0.5) is 0 Å². The van der Waals surface area contributed by atoms with Crippen molar-refractivity contribution in [2.45, 2.75) is 19.4 Å². The van der Waals surface area contributed by atoms with Gasteiger partial charge in [0.1, 0.15) is 5.84 Å². The van der Waals surface area contributed by atoms with Crippen LogP contribution in [0.5, 0.6) is 0 Å². The highest BCUT2D eigenvalue weighted by molar-refractivity contribution is 5.97. The van der Waals surface area contributed by atoms with Crippen molar-refractivity contribution in [3.05, 3.63) is 70.8 Å². The lowest BCUT2D eigenvalue weighted by Crippen LogP contribution is -2.12. The standard InChI is InChI=1S/C19H25N3.2ClH/c1-21-19(20)18-12-10-16(11-13-18)5-4-15-6-8-17(9-7-15)14-22(2)3;;/h6-13H,4-5,14H2,1-3H3,(H2,20,21);2*1H. The molecule has 0 aliphatic rings. The predicted octanol–water partition coefficient (Wildman–Crippen LogP) is 3.71. The second-order valence-corrected chi connectivity index (χ2v) is 5.86. The van der Waals surface area contributed by atoms with E-state index in [-0.39, 0.29) is 24.8 Å². The van der Waals surface area contributed by atoms with E-state index in [1.165, 1.54) is 16.7 Å². The average Bonchev–Trinajstić information content (AvgIpc) is 2.53. The molecule has 0 unspecified atom stereocenters. The van der Waals surface area contributed by atoms with Crippen molar-refractivity contribution in [2.24, 2.45) is 10.7 Å². The first-order valence-electron chi connectivity index (χ1n) is 7.62. The maximum atomic E-state index is 5.80. The van der Waals surface area contributed by atoms with Crippen molar-refractivity contribution >= 4 is 30.6 Å². The smallest absolute Gasteiger partial charge is 0.125 e. The van der Waals surface area contributed by atoms with Crippen LogP contribution in [0.2, 0.25) is 0 Å². The van der Waals surface area contributed by atoms with Crippen LogP contribution in [0.15, 0.2) is 53.5 Å². The van der Waals surface area contributed by atoms with Crippen molar-refractivity contribution in [2.75, 3.05) is 21.1 Å². The van der Waals surface area contributed by atoms with E-state index in [1.54, 1.807) is 7.05 Å². The largest absolute Gasteiger partial charge is 0.384 e. The highest BCUT2D eigenvalue weighted by Crippen LogP contribution is 2.11. The van der Waals surface area contributed by atoms with Gasteiger partial charge in [-0.1, -0.05) is 48.5 Å². The molecule has 0 saturated heterocycles. The lowest BCUT2D eigenvalue weighted by atomic mass is 10.0. The van der Waals surface area contributed by atoms with Gasteiger partial charge in [-0.25, -0.2) is 0 Å². The number of aliphatic imine (C=N–C) groups is 1. The van der Waals surface area contributed by atoms with Crippen molar-refractivity contribution in [1.82, 2.24) is 4.90 Å². The number of amidine groups is 1. The Morgan fingerprint density at radius 3 is 1.67 bits per heavy atom. The molecule has 0 aliphatic heterocycles. The van der Waals surface area contributed by atoms with Crippen LogP contribution in [0.3, 0.4) is 0 Å². The third-order valence-corrected chi connectivity index (χ3v) is 3.71. The molecular formula is C19H27Cl2N3. The van der Waals surface area contributed by atoms with Crippen molar-refractivity contribution in [1.29, 1.82) is 0 Å². The summed E-state index contributed by atoms with van der Waals surface area (Å²) in [6, 6.07) is 17.2. The predicted molar refractivity (Wildman–Crippen MR) is 109 cm³/mol. The Bertz CT molecular complexity index is 620. The first-order valence-corrected chi connectivity index (χ1v) is 7.62. The van der Waals surface area contributed by atoms with E-state index in [0.29, 0.717) is 5.84 Å². The highest BCUT2D eigenvalue weighted by atomic mass is 35.5. The van der Waals surface area contributed by atoms with E-state index < -0.39 is 0 Å². The molecule has 0 aliphatic carbocycles. The molecule has 0 bridgehead atoms. The normalized spacial score (nSPS) is 10.9. The molecule has 2 aromatic carbocycles. The third kappa shape index (κ3) is 6.91. The van der Waals surface area contributed by atoms with Crippen LogP contribution in [-0.4, -0.2) is 31.9 Å². The van der Waals surface area contributed by atoms with Crippen LogP contribution in [0.25, 0.3) is 0 Å². The van der Waals surface area contributed by atoms with Gasteiger partial charge in [0.05, 0.1) is 0 Å². The number of nitrogens with zero attached hydrogens (tertiary/aromatic N) is 2. The molecule has 3 nitrogen and oxygen atoms in total. The fourth-order valence-electron chi connectivity index (χ4n) is 2.44. The minimum atomic E-state index is 0. The van der Waals surface area contributed by atoms with E-state index in [9.17, 15) is 0 Å². The van der Waals surface area contributed by atoms with Gasteiger partial charge in [0.25, 0.3) is 0 Å². The van der Waals surface area contributed by atoms with Crippen molar-refractivity contribution in [3.63, 3.8) is 0 Å². The van der Waals surface area contributed by atoms with Gasteiger partial charge < -0.3 is 10.6 Å². The fourth-order valence-corrected chi connectivity index (χ4v) is 2.44. The zero-order valence-electron chi connectivity index (χ0n) is 14.5. The van der Waals surface area contributed by atoms with Crippen LogP contribution in [-0.2, 0) is 19.4 Å². The molecule has 24 heavy (non-hydrogen) atoms. The van der Waals surface area contributed by atoms with Crippen LogP contribution < -0.4 is 5.73 Å². The Morgan fingerprint density at radius 2 is 1.25 bits per heavy atom. The van der Waals surface area contributed by atoms with Gasteiger partial charge in [-0.15, -0.1) is 24.8 Å². The van der Waals surface area contributed by atoms with E-state index in [1.807, 2.05) is 12.1 Å². The van der Waals surface area contributed by atoms with Crippen LogP contribution in [0.1, 0.15) is 22.3 Å². The van der Waals surface area contributed by atoms with Crippen LogP contribution in [0, 0.1) is 0 Å². The molecule has 0 aromatic heterocycles. The van der Waals surface area contributed by atoms with Gasteiger partial charge >= 0.3 is 0 Å². The van der Waals surface area contributed by atoms with E-state index in [2.05, 4.69) is 60.4 Å². The Kier molecular flexibility index (Phi) is 10.4. The minimum absolute atomic E-state index is 0. The van der Waals surface area contributed by atoms with Gasteiger partial charge in [-0.2, -0.15) is 0 Å². The summed E-state index contributed by atoms with van der Waals surface area (Å²) < 4.78 is 0. The number of hydrogen-bond acceptors (Lipinski definition) is 2. The van der Waals surface area contributed by atoms with Gasteiger partial charge in [-0.05, 0) is 43.6 Å². The molecule has 0 saturated carbocycles. The first-order chi connectivity index (χ1) is 10.6. The van der Waals surface area contributed by atoms with Gasteiger partial charge in [0, 0.05) is 19.2 Å². The summed E-state index contributed by atoms with van der Waals surface area (Å²) in [4.78, 5) is 6.18. The second-order valence-electron chi connectivity index (χ2n) is 5.86. The summed E-state index contributed by atoms with van der Waals surface area (Å²) in [5.41, 5.74) is 10.8. The zero-order chi connectivity index (χ0) is 15.9. The summed E-state index contributed by atoms with van der Waals surface area (Å²) in [5, 5.41) is 0. The second kappa shape index (κ2) is 11.1.